The molecule has 2 aliphatic heterocycles. The SMILES string of the molecule is Cc1cccc(Oc2ccc(C(=O)N3CC(N4CCN(C(=O)c5ccccc5)CC4)C3)cn2)c1. The Morgan fingerprint density at radius 1 is 0.824 bits per heavy atom. The maximum Gasteiger partial charge on any atom is 0.255 e. The summed E-state index contributed by atoms with van der Waals surface area (Å²) in [6, 6.07) is 21.0. The van der Waals surface area contributed by atoms with Gasteiger partial charge in [0.25, 0.3) is 11.8 Å². The van der Waals surface area contributed by atoms with Gasteiger partial charge in [-0.15, -0.1) is 0 Å². The molecule has 174 valence electrons. The van der Waals surface area contributed by atoms with Gasteiger partial charge in [0.1, 0.15) is 5.75 Å². The zero-order chi connectivity index (χ0) is 23.5. The van der Waals surface area contributed by atoms with E-state index in [0.29, 0.717) is 43.7 Å². The maximum absolute atomic E-state index is 12.8. The molecule has 2 saturated heterocycles. The number of carbonyl (C=O) groups is 2. The molecule has 0 unspecified atom stereocenters. The molecule has 5 rings (SSSR count). The van der Waals surface area contributed by atoms with Crippen molar-refractivity contribution in [3.8, 4) is 11.6 Å². The van der Waals surface area contributed by atoms with E-state index in [4.69, 9.17) is 4.74 Å². The lowest BCUT2D eigenvalue weighted by molar-refractivity contribution is 0.00851. The van der Waals surface area contributed by atoms with Crippen molar-refractivity contribution in [2.45, 2.75) is 13.0 Å². The number of hydrogen-bond donors (Lipinski definition) is 0. The molecule has 0 atom stereocenters. The Kier molecular flexibility index (Phi) is 6.27. The number of piperazine rings is 1. The van der Waals surface area contributed by atoms with Crippen LogP contribution in [0.5, 0.6) is 11.6 Å². The number of likely N-dealkylation sites (tertiary alicyclic amines) is 1. The second-order valence-corrected chi connectivity index (χ2v) is 8.86. The first kappa shape index (κ1) is 22.1. The van der Waals surface area contributed by atoms with Crippen LogP contribution in [0.25, 0.3) is 0 Å². The van der Waals surface area contributed by atoms with E-state index in [9.17, 15) is 9.59 Å². The lowest BCUT2D eigenvalue weighted by Gasteiger charge is -2.48. The third kappa shape index (κ3) is 4.79. The first-order chi connectivity index (χ1) is 16.6. The number of aromatic nitrogens is 1. The van der Waals surface area contributed by atoms with E-state index < -0.39 is 0 Å². The second kappa shape index (κ2) is 9.65. The topological polar surface area (TPSA) is 66.0 Å². The quantitative estimate of drug-likeness (QED) is 0.588. The minimum Gasteiger partial charge on any atom is -0.439 e. The number of ether oxygens (including phenoxy) is 1. The van der Waals surface area contributed by atoms with Gasteiger partial charge in [-0.25, -0.2) is 4.98 Å². The zero-order valence-electron chi connectivity index (χ0n) is 19.3. The van der Waals surface area contributed by atoms with Crippen molar-refractivity contribution in [3.63, 3.8) is 0 Å². The van der Waals surface area contributed by atoms with Crippen molar-refractivity contribution in [1.29, 1.82) is 0 Å². The monoisotopic (exact) mass is 456 g/mol. The van der Waals surface area contributed by atoms with Crippen molar-refractivity contribution in [2.24, 2.45) is 0 Å². The molecule has 2 fully saturated rings. The molecule has 3 aromatic rings. The number of amides is 2. The molecule has 0 saturated carbocycles. The third-order valence-corrected chi connectivity index (χ3v) is 6.48. The number of rotatable bonds is 5. The normalized spacial score (nSPS) is 16.7. The highest BCUT2D eigenvalue weighted by atomic mass is 16.5. The van der Waals surface area contributed by atoms with Crippen LogP contribution in [-0.2, 0) is 0 Å². The second-order valence-electron chi connectivity index (χ2n) is 8.86. The van der Waals surface area contributed by atoms with E-state index in [1.165, 1.54) is 0 Å². The fraction of sp³-hybridized carbons (Fsp3) is 0.296. The van der Waals surface area contributed by atoms with Crippen LogP contribution in [0.15, 0.2) is 72.9 Å². The molecule has 7 nitrogen and oxygen atoms in total. The minimum atomic E-state index is -0.0104. The Morgan fingerprint density at radius 2 is 1.56 bits per heavy atom. The van der Waals surface area contributed by atoms with Crippen molar-refractivity contribution in [1.82, 2.24) is 19.7 Å². The fourth-order valence-electron chi connectivity index (χ4n) is 4.45. The molecule has 1 aromatic heterocycles. The molecule has 0 spiro atoms. The highest BCUT2D eigenvalue weighted by Gasteiger charge is 2.37. The average molecular weight is 457 g/mol. The van der Waals surface area contributed by atoms with Crippen molar-refractivity contribution in [3.05, 3.63) is 89.6 Å². The fourth-order valence-corrected chi connectivity index (χ4v) is 4.45. The summed E-state index contributed by atoms with van der Waals surface area (Å²) in [4.78, 5) is 35.9. The zero-order valence-corrected chi connectivity index (χ0v) is 19.3. The van der Waals surface area contributed by atoms with Gasteiger partial charge in [-0.3, -0.25) is 14.5 Å². The van der Waals surface area contributed by atoms with Gasteiger partial charge in [0.05, 0.1) is 5.56 Å². The van der Waals surface area contributed by atoms with Crippen LogP contribution < -0.4 is 4.74 Å². The van der Waals surface area contributed by atoms with E-state index in [0.717, 1.165) is 30.0 Å². The summed E-state index contributed by atoms with van der Waals surface area (Å²) >= 11 is 0. The van der Waals surface area contributed by atoms with Gasteiger partial charge in [0.2, 0.25) is 5.88 Å². The van der Waals surface area contributed by atoms with Crippen LogP contribution in [0, 0.1) is 6.92 Å². The van der Waals surface area contributed by atoms with Gasteiger partial charge in [-0.2, -0.15) is 0 Å². The minimum absolute atomic E-state index is 0.0104. The molecule has 7 heteroatoms. The van der Waals surface area contributed by atoms with E-state index in [-0.39, 0.29) is 11.8 Å². The molecule has 34 heavy (non-hydrogen) atoms. The van der Waals surface area contributed by atoms with Crippen LogP contribution in [0.3, 0.4) is 0 Å². The summed E-state index contributed by atoms with van der Waals surface area (Å²) in [6.07, 6.45) is 1.58. The highest BCUT2D eigenvalue weighted by molar-refractivity contribution is 5.95. The molecular formula is C27H28N4O3. The lowest BCUT2D eigenvalue weighted by atomic mass is 10.0. The number of carbonyl (C=O) groups excluding carboxylic acids is 2. The Bertz CT molecular complexity index is 1150. The molecule has 3 heterocycles. The van der Waals surface area contributed by atoms with E-state index in [2.05, 4.69) is 9.88 Å². The van der Waals surface area contributed by atoms with E-state index >= 15 is 0 Å². The summed E-state index contributed by atoms with van der Waals surface area (Å²) in [5.41, 5.74) is 2.41. The predicted molar refractivity (Wildman–Crippen MR) is 129 cm³/mol. The number of hydrogen-bond acceptors (Lipinski definition) is 5. The van der Waals surface area contributed by atoms with Gasteiger partial charge in [0.15, 0.2) is 0 Å². The highest BCUT2D eigenvalue weighted by Crippen LogP contribution is 2.23. The Morgan fingerprint density at radius 3 is 2.24 bits per heavy atom. The Balaban J connectivity index is 1.09. The number of benzene rings is 2. The van der Waals surface area contributed by atoms with Crippen molar-refractivity contribution < 1.29 is 14.3 Å². The molecule has 0 radical (unpaired) electrons. The predicted octanol–water partition coefficient (Wildman–Crippen LogP) is 3.46. The van der Waals surface area contributed by atoms with E-state index in [1.807, 2.05) is 71.3 Å². The first-order valence-electron chi connectivity index (χ1n) is 11.6. The van der Waals surface area contributed by atoms with Crippen molar-refractivity contribution >= 4 is 11.8 Å². The number of nitrogens with zero attached hydrogens (tertiary/aromatic N) is 4. The van der Waals surface area contributed by atoms with Crippen LogP contribution >= 0.6 is 0 Å². The molecule has 2 aromatic carbocycles. The van der Waals surface area contributed by atoms with Crippen LogP contribution in [0.4, 0.5) is 0 Å². The molecule has 0 N–H and O–H groups in total. The average Bonchev–Trinajstić information content (AvgIpc) is 2.84. The summed E-state index contributed by atoms with van der Waals surface area (Å²) in [5, 5.41) is 0. The largest absolute Gasteiger partial charge is 0.439 e. The Labute approximate surface area is 199 Å². The number of pyridine rings is 1. The summed E-state index contributed by atoms with van der Waals surface area (Å²) in [6.45, 7) is 6.50. The van der Waals surface area contributed by atoms with Gasteiger partial charge in [0, 0.05) is 63.1 Å². The van der Waals surface area contributed by atoms with Crippen LogP contribution in [0.2, 0.25) is 0 Å². The van der Waals surface area contributed by atoms with Gasteiger partial charge in [-0.05, 0) is 42.8 Å². The molecule has 0 bridgehead atoms. The first-order valence-corrected chi connectivity index (χ1v) is 11.6. The Hall–Kier alpha value is -3.71. The standard InChI is InChI=1S/C27H28N4O3/c1-20-6-5-9-24(16-20)34-25-11-10-22(17-28-25)27(33)31-18-23(19-31)29-12-14-30(15-13-29)26(32)21-7-3-2-4-8-21/h2-11,16-17,23H,12-15,18-19H2,1H3. The molecule has 2 aliphatic rings. The molecule has 2 amide bonds. The van der Waals surface area contributed by atoms with Gasteiger partial charge < -0.3 is 14.5 Å². The van der Waals surface area contributed by atoms with Crippen molar-refractivity contribution in [2.75, 3.05) is 39.3 Å². The maximum atomic E-state index is 12.8. The summed E-state index contributed by atoms with van der Waals surface area (Å²) < 4.78 is 5.77. The van der Waals surface area contributed by atoms with Gasteiger partial charge in [-0.1, -0.05) is 30.3 Å². The molecular weight excluding hydrogens is 428 g/mol. The third-order valence-electron chi connectivity index (χ3n) is 6.48. The lowest BCUT2D eigenvalue weighted by Crippen LogP contribution is -2.64. The number of aryl methyl sites for hydroxylation is 1. The summed E-state index contributed by atoms with van der Waals surface area (Å²) in [5.74, 6) is 1.27. The molecule has 0 aliphatic carbocycles. The van der Waals surface area contributed by atoms with Gasteiger partial charge >= 0.3 is 0 Å². The van der Waals surface area contributed by atoms with Crippen LogP contribution in [-0.4, -0.2) is 76.8 Å². The summed E-state index contributed by atoms with van der Waals surface area (Å²) in [7, 11) is 0. The van der Waals surface area contributed by atoms with E-state index in [1.54, 1.807) is 18.3 Å². The smallest absolute Gasteiger partial charge is 0.255 e. The van der Waals surface area contributed by atoms with Crippen LogP contribution in [0.1, 0.15) is 26.3 Å².